The molecule has 3 aromatic rings. The van der Waals surface area contributed by atoms with E-state index in [2.05, 4.69) is 30.6 Å². The van der Waals surface area contributed by atoms with Gasteiger partial charge in [0, 0.05) is 24.7 Å². The molecular formula is C22H27N9O7. The molecule has 0 aliphatic heterocycles. The summed E-state index contributed by atoms with van der Waals surface area (Å²) in [6.07, 6.45) is 0.851. The monoisotopic (exact) mass is 529 g/mol. The normalized spacial score (nSPS) is 11.2. The van der Waals surface area contributed by atoms with Crippen LogP contribution < -0.4 is 27.0 Å². The SMILES string of the molecule is CN(Cc1cnc2nc(N)nc(N)c2n1)c1ccc(C(=O)NCC(=O)NC(CCC(=O)O)C(=O)O)cc1.O. The molecule has 1 unspecified atom stereocenters. The van der Waals surface area contributed by atoms with Crippen molar-refractivity contribution in [3.05, 3.63) is 41.7 Å². The molecular weight excluding hydrogens is 502 g/mol. The van der Waals surface area contributed by atoms with Gasteiger partial charge < -0.3 is 42.7 Å². The van der Waals surface area contributed by atoms with Crippen molar-refractivity contribution < 1.29 is 34.9 Å². The number of aliphatic carboxylic acids is 2. The van der Waals surface area contributed by atoms with Gasteiger partial charge in [0.25, 0.3) is 5.91 Å². The minimum absolute atomic E-state index is 0. The number of nitrogens with zero attached hydrogens (tertiary/aromatic N) is 5. The lowest BCUT2D eigenvalue weighted by molar-refractivity contribution is -0.142. The average Bonchev–Trinajstić information content (AvgIpc) is 2.85. The number of benzene rings is 1. The van der Waals surface area contributed by atoms with Crippen molar-refractivity contribution in [2.45, 2.75) is 25.4 Å². The number of hydrogen-bond donors (Lipinski definition) is 6. The van der Waals surface area contributed by atoms with Crippen LogP contribution in [0.2, 0.25) is 0 Å². The van der Waals surface area contributed by atoms with E-state index in [1.807, 2.05) is 11.9 Å². The van der Waals surface area contributed by atoms with Crippen LogP contribution >= 0.6 is 0 Å². The number of fused-ring (bicyclic) bond motifs is 1. The number of hydrogen-bond acceptors (Lipinski definition) is 11. The Bertz CT molecular complexity index is 1330. The van der Waals surface area contributed by atoms with Crippen molar-refractivity contribution in [2.24, 2.45) is 0 Å². The first kappa shape index (κ1) is 29.1. The number of amides is 2. The summed E-state index contributed by atoms with van der Waals surface area (Å²) in [5, 5.41) is 22.4. The average molecular weight is 530 g/mol. The number of carbonyl (C=O) groups excluding carboxylic acids is 2. The van der Waals surface area contributed by atoms with Gasteiger partial charge in [-0.05, 0) is 30.7 Å². The third kappa shape index (κ3) is 7.69. The second kappa shape index (κ2) is 12.7. The molecule has 1 aromatic carbocycles. The fourth-order valence-electron chi connectivity index (χ4n) is 3.29. The van der Waals surface area contributed by atoms with E-state index < -0.39 is 42.8 Å². The smallest absolute Gasteiger partial charge is 0.326 e. The number of aromatic nitrogens is 4. The van der Waals surface area contributed by atoms with Crippen molar-refractivity contribution in [1.29, 1.82) is 0 Å². The van der Waals surface area contributed by atoms with Crippen molar-refractivity contribution in [3.63, 3.8) is 0 Å². The van der Waals surface area contributed by atoms with Crippen molar-refractivity contribution >= 4 is 52.4 Å². The maximum atomic E-state index is 12.4. The largest absolute Gasteiger partial charge is 0.481 e. The fraction of sp³-hybridized carbons (Fsp3) is 0.273. The summed E-state index contributed by atoms with van der Waals surface area (Å²) in [4.78, 5) is 64.6. The number of carbonyl (C=O) groups is 4. The Labute approximate surface area is 215 Å². The minimum Gasteiger partial charge on any atom is -0.481 e. The van der Waals surface area contributed by atoms with Gasteiger partial charge in [-0.25, -0.2) is 14.8 Å². The summed E-state index contributed by atoms with van der Waals surface area (Å²) in [5.41, 5.74) is 13.7. The van der Waals surface area contributed by atoms with Crippen LogP contribution in [-0.4, -0.2) is 79.0 Å². The second-order valence-electron chi connectivity index (χ2n) is 7.98. The molecule has 0 saturated heterocycles. The van der Waals surface area contributed by atoms with Crippen LogP contribution in [0.5, 0.6) is 0 Å². The van der Waals surface area contributed by atoms with Gasteiger partial charge in [-0.1, -0.05) is 0 Å². The van der Waals surface area contributed by atoms with E-state index in [-0.39, 0.29) is 29.2 Å². The van der Waals surface area contributed by atoms with Crippen molar-refractivity contribution in [3.8, 4) is 0 Å². The van der Waals surface area contributed by atoms with Crippen molar-refractivity contribution in [1.82, 2.24) is 30.6 Å². The van der Waals surface area contributed by atoms with Crippen molar-refractivity contribution in [2.75, 3.05) is 30.0 Å². The van der Waals surface area contributed by atoms with E-state index in [4.69, 9.17) is 21.7 Å². The van der Waals surface area contributed by atoms with Gasteiger partial charge in [0.1, 0.15) is 6.04 Å². The lowest BCUT2D eigenvalue weighted by Gasteiger charge is -2.19. The third-order valence-electron chi connectivity index (χ3n) is 5.16. The fourth-order valence-corrected chi connectivity index (χ4v) is 3.29. The quantitative estimate of drug-likeness (QED) is 0.166. The van der Waals surface area contributed by atoms with Gasteiger partial charge in [-0.2, -0.15) is 9.97 Å². The highest BCUT2D eigenvalue weighted by molar-refractivity contribution is 5.97. The van der Waals surface area contributed by atoms with Gasteiger partial charge >= 0.3 is 11.9 Å². The molecule has 1 atom stereocenters. The molecule has 2 amide bonds. The number of rotatable bonds is 11. The lowest BCUT2D eigenvalue weighted by atomic mass is 10.1. The zero-order valence-electron chi connectivity index (χ0n) is 20.2. The van der Waals surface area contributed by atoms with Crippen LogP contribution in [0.15, 0.2) is 30.5 Å². The van der Waals surface area contributed by atoms with Gasteiger partial charge in [-0.3, -0.25) is 14.4 Å². The van der Waals surface area contributed by atoms with Crippen LogP contribution in [0.1, 0.15) is 28.9 Å². The van der Waals surface area contributed by atoms with E-state index in [0.29, 0.717) is 23.4 Å². The van der Waals surface area contributed by atoms with Crippen LogP contribution in [0.25, 0.3) is 11.2 Å². The van der Waals surface area contributed by atoms with E-state index in [1.54, 1.807) is 30.5 Å². The Hall–Kier alpha value is -5.12. The Kier molecular flexibility index (Phi) is 9.75. The van der Waals surface area contributed by atoms with Gasteiger partial charge in [0.15, 0.2) is 17.0 Å². The summed E-state index contributed by atoms with van der Waals surface area (Å²) in [5.74, 6) is -3.71. The third-order valence-corrected chi connectivity index (χ3v) is 5.16. The number of carboxylic acids is 2. The van der Waals surface area contributed by atoms with E-state index in [9.17, 15) is 19.2 Å². The molecule has 16 nitrogen and oxygen atoms in total. The maximum Gasteiger partial charge on any atom is 0.326 e. The first-order valence-corrected chi connectivity index (χ1v) is 10.9. The summed E-state index contributed by atoms with van der Waals surface area (Å²) in [6.45, 7) is -0.110. The molecule has 202 valence electrons. The highest BCUT2D eigenvalue weighted by Crippen LogP contribution is 2.18. The van der Waals surface area contributed by atoms with Crippen LogP contribution in [0, 0.1) is 0 Å². The van der Waals surface area contributed by atoms with Crippen LogP contribution in [0.4, 0.5) is 17.5 Å². The molecule has 0 aliphatic rings. The number of nitrogens with two attached hydrogens (primary N) is 2. The van der Waals surface area contributed by atoms with Crippen LogP contribution in [-0.2, 0) is 20.9 Å². The molecule has 0 fully saturated rings. The zero-order chi connectivity index (χ0) is 27.1. The molecule has 2 aromatic heterocycles. The summed E-state index contributed by atoms with van der Waals surface area (Å²) < 4.78 is 0. The molecule has 0 bridgehead atoms. The van der Waals surface area contributed by atoms with E-state index in [0.717, 1.165) is 5.69 Å². The molecule has 3 rings (SSSR count). The van der Waals surface area contributed by atoms with E-state index >= 15 is 0 Å². The second-order valence-corrected chi connectivity index (χ2v) is 7.98. The molecule has 10 N–H and O–H groups in total. The highest BCUT2D eigenvalue weighted by atomic mass is 16.4. The maximum absolute atomic E-state index is 12.4. The molecule has 38 heavy (non-hydrogen) atoms. The lowest BCUT2D eigenvalue weighted by Crippen LogP contribution is -2.45. The van der Waals surface area contributed by atoms with Gasteiger partial charge in [-0.15, -0.1) is 0 Å². The zero-order valence-corrected chi connectivity index (χ0v) is 20.2. The van der Waals surface area contributed by atoms with Gasteiger partial charge in [0.05, 0.1) is 25.0 Å². The Morgan fingerprint density at radius 3 is 2.37 bits per heavy atom. The first-order chi connectivity index (χ1) is 17.5. The van der Waals surface area contributed by atoms with Crippen LogP contribution in [0.3, 0.4) is 0 Å². The van der Waals surface area contributed by atoms with E-state index in [1.165, 1.54) is 0 Å². The standard InChI is InChI=1S/C22H25N9O6.H2O/c1-31(10-12-8-25-19-17(27-12)18(23)29-22(24)30-19)13-4-2-11(3-5-13)20(35)26-9-15(32)28-14(21(36)37)6-7-16(33)34;/h2-5,8,14H,6-7,9-10H2,1H3,(H,26,35)(H,28,32)(H,33,34)(H,36,37)(H4,23,24,25,29,30);1H2. The minimum atomic E-state index is -1.37. The molecule has 0 saturated carbocycles. The molecule has 0 spiro atoms. The summed E-state index contributed by atoms with van der Waals surface area (Å²) in [7, 11) is 1.82. The predicted octanol–water partition coefficient (Wildman–Crippen LogP) is -1.44. The number of anilines is 3. The Morgan fingerprint density at radius 2 is 1.74 bits per heavy atom. The molecule has 2 heterocycles. The molecule has 0 radical (unpaired) electrons. The van der Waals surface area contributed by atoms with Gasteiger partial charge in [0.2, 0.25) is 11.9 Å². The molecule has 16 heteroatoms. The first-order valence-electron chi connectivity index (χ1n) is 10.9. The highest BCUT2D eigenvalue weighted by Gasteiger charge is 2.21. The molecule has 0 aliphatic carbocycles. The number of nitrogen functional groups attached to an aromatic ring is 2. The summed E-state index contributed by atoms with van der Waals surface area (Å²) in [6, 6.07) is 5.16. The number of carboxylic acid groups (broad SMARTS) is 2. The Balaban J connectivity index is 0.00000507. The predicted molar refractivity (Wildman–Crippen MR) is 135 cm³/mol. The topological polar surface area (TPSA) is 271 Å². The Morgan fingerprint density at radius 1 is 1.05 bits per heavy atom. The summed E-state index contributed by atoms with van der Waals surface area (Å²) >= 11 is 0. The number of nitrogens with one attached hydrogen (secondary N) is 2.